The molecule has 2 rings (SSSR count). The van der Waals surface area contributed by atoms with Gasteiger partial charge >= 0.3 is 0 Å². The van der Waals surface area contributed by atoms with Gasteiger partial charge in [-0.1, -0.05) is 6.07 Å². The molecule has 0 saturated carbocycles. The monoisotopic (exact) mass is 236 g/mol. The Morgan fingerprint density at radius 2 is 2.12 bits per heavy atom. The minimum Gasteiger partial charge on any atom is -0.490 e. The molecule has 0 atom stereocenters. The lowest BCUT2D eigenvalue weighted by molar-refractivity contribution is -0.384. The van der Waals surface area contributed by atoms with E-state index in [2.05, 4.69) is 11.9 Å². The van der Waals surface area contributed by atoms with Crippen molar-refractivity contribution >= 4 is 5.69 Å². The predicted molar refractivity (Wildman–Crippen MR) is 64.2 cm³/mol. The maximum Gasteiger partial charge on any atom is 0.273 e. The first kappa shape index (κ1) is 11.9. The van der Waals surface area contributed by atoms with E-state index in [1.807, 2.05) is 0 Å². The normalized spacial score (nSPS) is 17.9. The number of ether oxygens (including phenoxy) is 1. The molecule has 5 heteroatoms. The third-order valence-electron chi connectivity index (χ3n) is 3.00. The highest BCUT2D eigenvalue weighted by Gasteiger charge is 2.18. The smallest absolute Gasteiger partial charge is 0.273 e. The van der Waals surface area contributed by atoms with E-state index in [0.29, 0.717) is 5.75 Å². The molecule has 0 unspecified atom stereocenters. The molecule has 1 aromatic rings. The van der Waals surface area contributed by atoms with E-state index in [1.165, 1.54) is 12.1 Å². The third kappa shape index (κ3) is 3.17. The fourth-order valence-electron chi connectivity index (χ4n) is 1.97. The van der Waals surface area contributed by atoms with Gasteiger partial charge in [-0.3, -0.25) is 10.1 Å². The lowest BCUT2D eigenvalue weighted by Gasteiger charge is -2.29. The molecule has 0 N–H and O–H groups in total. The summed E-state index contributed by atoms with van der Waals surface area (Å²) in [5.41, 5.74) is 0.0791. The fraction of sp³-hybridized carbons (Fsp3) is 0.500. The van der Waals surface area contributed by atoms with Crippen LogP contribution < -0.4 is 4.74 Å². The molecule has 1 fully saturated rings. The molecular weight excluding hydrogens is 220 g/mol. The first-order valence-electron chi connectivity index (χ1n) is 5.75. The lowest BCUT2D eigenvalue weighted by Crippen LogP contribution is -2.35. The van der Waals surface area contributed by atoms with Crippen LogP contribution in [-0.4, -0.2) is 36.1 Å². The van der Waals surface area contributed by atoms with E-state index < -0.39 is 4.92 Å². The molecule has 1 aliphatic rings. The van der Waals surface area contributed by atoms with Crippen LogP contribution in [0.15, 0.2) is 24.3 Å². The van der Waals surface area contributed by atoms with E-state index >= 15 is 0 Å². The molecule has 0 bridgehead atoms. The van der Waals surface area contributed by atoms with Crippen LogP contribution in [0.5, 0.6) is 5.75 Å². The highest BCUT2D eigenvalue weighted by Crippen LogP contribution is 2.22. The van der Waals surface area contributed by atoms with Gasteiger partial charge in [-0.2, -0.15) is 0 Å². The molecular formula is C12H16N2O3. The SMILES string of the molecule is CN1CCC(Oc2cccc([N+](=O)[O-])c2)CC1. The van der Waals surface area contributed by atoms with Crippen LogP contribution >= 0.6 is 0 Å². The van der Waals surface area contributed by atoms with Crippen LogP contribution in [0.25, 0.3) is 0 Å². The van der Waals surface area contributed by atoms with Crippen molar-refractivity contribution < 1.29 is 9.66 Å². The van der Waals surface area contributed by atoms with Crippen molar-refractivity contribution in [2.75, 3.05) is 20.1 Å². The Morgan fingerprint density at radius 1 is 1.41 bits per heavy atom. The first-order valence-corrected chi connectivity index (χ1v) is 5.75. The van der Waals surface area contributed by atoms with Gasteiger partial charge < -0.3 is 9.64 Å². The van der Waals surface area contributed by atoms with Gasteiger partial charge in [0, 0.05) is 19.2 Å². The summed E-state index contributed by atoms with van der Waals surface area (Å²) >= 11 is 0. The predicted octanol–water partition coefficient (Wildman–Crippen LogP) is 2.07. The zero-order valence-corrected chi connectivity index (χ0v) is 9.83. The Balaban J connectivity index is 1.98. The summed E-state index contributed by atoms with van der Waals surface area (Å²) in [6, 6.07) is 6.38. The van der Waals surface area contributed by atoms with Crippen molar-refractivity contribution in [2.45, 2.75) is 18.9 Å². The molecule has 0 radical (unpaired) electrons. The van der Waals surface area contributed by atoms with Crippen LogP contribution in [0.1, 0.15) is 12.8 Å². The van der Waals surface area contributed by atoms with E-state index in [-0.39, 0.29) is 11.8 Å². The summed E-state index contributed by atoms with van der Waals surface area (Å²) in [6.45, 7) is 2.03. The maximum absolute atomic E-state index is 10.6. The molecule has 1 heterocycles. The van der Waals surface area contributed by atoms with Gasteiger partial charge in [-0.25, -0.2) is 0 Å². The Bertz CT molecular complexity index is 400. The van der Waals surface area contributed by atoms with Gasteiger partial charge in [0.25, 0.3) is 5.69 Å². The number of nitrogens with zero attached hydrogens (tertiary/aromatic N) is 2. The highest BCUT2D eigenvalue weighted by molar-refractivity contribution is 5.38. The number of piperidine rings is 1. The first-order chi connectivity index (χ1) is 8.15. The Labute approximate surface area is 100 Å². The average molecular weight is 236 g/mol. The van der Waals surface area contributed by atoms with Crippen molar-refractivity contribution in [2.24, 2.45) is 0 Å². The van der Waals surface area contributed by atoms with Crippen molar-refractivity contribution in [3.05, 3.63) is 34.4 Å². The minimum atomic E-state index is -0.401. The average Bonchev–Trinajstić information content (AvgIpc) is 2.32. The van der Waals surface area contributed by atoms with Crippen LogP contribution in [0, 0.1) is 10.1 Å². The number of hydrogen-bond acceptors (Lipinski definition) is 4. The number of rotatable bonds is 3. The van der Waals surface area contributed by atoms with Gasteiger partial charge in [0.15, 0.2) is 0 Å². The number of nitro groups is 1. The molecule has 0 spiro atoms. The minimum absolute atomic E-state index is 0.0791. The lowest BCUT2D eigenvalue weighted by atomic mass is 10.1. The van der Waals surface area contributed by atoms with Gasteiger partial charge in [0.1, 0.15) is 11.9 Å². The Hall–Kier alpha value is -1.62. The highest BCUT2D eigenvalue weighted by atomic mass is 16.6. The van der Waals surface area contributed by atoms with Crippen molar-refractivity contribution in [1.29, 1.82) is 0 Å². The van der Waals surface area contributed by atoms with Gasteiger partial charge in [-0.05, 0) is 26.0 Å². The van der Waals surface area contributed by atoms with Gasteiger partial charge in [0.05, 0.1) is 11.0 Å². The molecule has 17 heavy (non-hydrogen) atoms. The second-order valence-corrected chi connectivity index (χ2v) is 4.37. The number of non-ortho nitro benzene ring substituents is 1. The Morgan fingerprint density at radius 3 is 2.76 bits per heavy atom. The van der Waals surface area contributed by atoms with E-state index in [1.54, 1.807) is 12.1 Å². The molecule has 1 saturated heterocycles. The Kier molecular flexibility index (Phi) is 3.58. The van der Waals surface area contributed by atoms with Gasteiger partial charge in [0.2, 0.25) is 0 Å². The van der Waals surface area contributed by atoms with Crippen molar-refractivity contribution in [3.8, 4) is 5.75 Å². The van der Waals surface area contributed by atoms with Crippen molar-refractivity contribution in [1.82, 2.24) is 4.90 Å². The third-order valence-corrected chi connectivity index (χ3v) is 3.00. The second kappa shape index (κ2) is 5.14. The summed E-state index contributed by atoms with van der Waals surface area (Å²) in [6.07, 6.45) is 2.12. The maximum atomic E-state index is 10.6. The van der Waals surface area contributed by atoms with E-state index in [0.717, 1.165) is 25.9 Å². The summed E-state index contributed by atoms with van der Waals surface area (Å²) in [5.74, 6) is 0.591. The van der Waals surface area contributed by atoms with Crippen molar-refractivity contribution in [3.63, 3.8) is 0 Å². The van der Waals surface area contributed by atoms with E-state index in [9.17, 15) is 10.1 Å². The zero-order chi connectivity index (χ0) is 12.3. The molecule has 1 aromatic carbocycles. The fourth-order valence-corrected chi connectivity index (χ4v) is 1.97. The summed E-state index contributed by atoms with van der Waals surface area (Å²) in [4.78, 5) is 12.5. The molecule has 0 aliphatic carbocycles. The number of likely N-dealkylation sites (tertiary alicyclic amines) is 1. The van der Waals surface area contributed by atoms with Crippen LogP contribution in [0.4, 0.5) is 5.69 Å². The molecule has 1 aliphatic heterocycles. The summed E-state index contributed by atoms with van der Waals surface area (Å²) < 4.78 is 5.76. The molecule has 5 nitrogen and oxygen atoms in total. The largest absolute Gasteiger partial charge is 0.490 e. The van der Waals surface area contributed by atoms with Crippen LogP contribution in [0.2, 0.25) is 0 Å². The number of hydrogen-bond donors (Lipinski definition) is 0. The second-order valence-electron chi connectivity index (χ2n) is 4.37. The quantitative estimate of drug-likeness (QED) is 0.595. The summed E-state index contributed by atoms with van der Waals surface area (Å²) in [5, 5.41) is 10.6. The summed E-state index contributed by atoms with van der Waals surface area (Å²) in [7, 11) is 2.09. The topological polar surface area (TPSA) is 55.6 Å². The zero-order valence-electron chi connectivity index (χ0n) is 9.83. The molecule has 0 aromatic heterocycles. The van der Waals surface area contributed by atoms with Crippen LogP contribution in [-0.2, 0) is 0 Å². The van der Waals surface area contributed by atoms with Gasteiger partial charge in [-0.15, -0.1) is 0 Å². The number of benzene rings is 1. The molecule has 0 amide bonds. The standard InChI is InChI=1S/C12H16N2O3/c1-13-7-5-11(6-8-13)17-12-4-2-3-10(9-12)14(15)16/h2-4,9,11H,5-8H2,1H3. The van der Waals surface area contributed by atoms with E-state index in [4.69, 9.17) is 4.74 Å². The van der Waals surface area contributed by atoms with Crippen LogP contribution in [0.3, 0.4) is 0 Å². The number of nitro benzene ring substituents is 1. The molecule has 92 valence electrons.